The van der Waals surface area contributed by atoms with E-state index in [4.69, 9.17) is 0 Å². The number of urea groups is 1. The van der Waals surface area contributed by atoms with Crippen molar-refractivity contribution in [1.82, 2.24) is 30.4 Å². The molecule has 2 amide bonds. The molecule has 1 aliphatic heterocycles. The molecule has 0 aliphatic carbocycles. The quantitative estimate of drug-likeness (QED) is 0.358. The molecule has 1 aromatic carbocycles. The van der Waals surface area contributed by atoms with Crippen molar-refractivity contribution < 1.29 is 4.79 Å². The van der Waals surface area contributed by atoms with Crippen molar-refractivity contribution in [1.29, 1.82) is 5.26 Å². The van der Waals surface area contributed by atoms with Gasteiger partial charge < -0.3 is 20.5 Å². The molecule has 0 unspecified atom stereocenters. The highest BCUT2D eigenvalue weighted by atomic mass is 16.2. The van der Waals surface area contributed by atoms with E-state index in [-0.39, 0.29) is 11.6 Å². The minimum atomic E-state index is -0.270. The van der Waals surface area contributed by atoms with Gasteiger partial charge in [-0.2, -0.15) is 10.4 Å². The van der Waals surface area contributed by atoms with Gasteiger partial charge in [-0.05, 0) is 57.0 Å². The van der Waals surface area contributed by atoms with Crippen molar-refractivity contribution in [3.8, 4) is 6.07 Å². The number of nitriles is 1. The van der Waals surface area contributed by atoms with Gasteiger partial charge in [0.1, 0.15) is 11.7 Å². The van der Waals surface area contributed by atoms with Crippen molar-refractivity contribution >= 4 is 44.9 Å². The molecular formula is C25H26N8O. The van der Waals surface area contributed by atoms with Crippen molar-refractivity contribution in [3.05, 3.63) is 54.0 Å². The molecular weight excluding hydrogens is 428 g/mol. The van der Waals surface area contributed by atoms with Crippen LogP contribution in [0.1, 0.15) is 38.4 Å². The summed E-state index contributed by atoms with van der Waals surface area (Å²) in [5.41, 5.74) is 5.49. The van der Waals surface area contributed by atoms with Gasteiger partial charge >= 0.3 is 6.03 Å². The highest BCUT2D eigenvalue weighted by Crippen LogP contribution is 2.33. The van der Waals surface area contributed by atoms with Gasteiger partial charge in [-0.3, -0.25) is 5.10 Å². The van der Waals surface area contributed by atoms with Gasteiger partial charge in [-0.15, -0.1) is 0 Å². The number of anilines is 2. The summed E-state index contributed by atoms with van der Waals surface area (Å²) < 4.78 is 0. The summed E-state index contributed by atoms with van der Waals surface area (Å²) in [6.45, 7) is 7.10. The second kappa shape index (κ2) is 8.23. The van der Waals surface area contributed by atoms with Crippen LogP contribution in [0.4, 0.5) is 16.2 Å². The van der Waals surface area contributed by atoms with E-state index in [1.807, 2.05) is 49.9 Å². The van der Waals surface area contributed by atoms with Gasteiger partial charge in [0.25, 0.3) is 0 Å². The van der Waals surface area contributed by atoms with E-state index >= 15 is 0 Å². The number of hydrogen-bond acceptors (Lipinski definition) is 5. The lowest BCUT2D eigenvalue weighted by molar-refractivity contribution is 0.193. The van der Waals surface area contributed by atoms with E-state index in [0.717, 1.165) is 39.7 Å². The summed E-state index contributed by atoms with van der Waals surface area (Å²) in [5.74, 6) is 0. The third-order valence-electron chi connectivity index (χ3n) is 5.81. The Balaban J connectivity index is 1.43. The summed E-state index contributed by atoms with van der Waals surface area (Å²) in [6.07, 6.45) is 6.15. The van der Waals surface area contributed by atoms with Gasteiger partial charge in [-0.25, -0.2) is 9.78 Å². The zero-order chi connectivity index (χ0) is 23.9. The van der Waals surface area contributed by atoms with E-state index in [0.29, 0.717) is 30.0 Å². The summed E-state index contributed by atoms with van der Waals surface area (Å²) in [5, 5.41) is 25.0. The van der Waals surface area contributed by atoms with Crippen molar-refractivity contribution in [2.75, 3.05) is 18.4 Å². The van der Waals surface area contributed by atoms with Crippen molar-refractivity contribution in [2.45, 2.75) is 32.7 Å². The minimum Gasteiger partial charge on any atom is -0.354 e. The topological polar surface area (TPSA) is 126 Å². The highest BCUT2D eigenvalue weighted by Gasteiger charge is 2.23. The van der Waals surface area contributed by atoms with Crippen LogP contribution in [0.15, 0.2) is 42.7 Å². The van der Waals surface area contributed by atoms with Crippen LogP contribution in [-0.4, -0.2) is 49.7 Å². The minimum absolute atomic E-state index is 0.0548. The molecule has 5 rings (SSSR count). The molecule has 0 spiro atoms. The molecule has 0 saturated heterocycles. The number of aromatic nitrogens is 4. The Kier molecular flexibility index (Phi) is 5.21. The number of carbonyl (C=O) groups is 1. The number of fused-ring (bicyclic) bond motifs is 2. The van der Waals surface area contributed by atoms with E-state index in [2.05, 4.69) is 42.9 Å². The van der Waals surface area contributed by atoms with Crippen molar-refractivity contribution in [3.63, 3.8) is 0 Å². The largest absolute Gasteiger partial charge is 0.354 e. The smallest absolute Gasteiger partial charge is 0.318 e. The first-order chi connectivity index (χ1) is 16.3. The number of pyridine rings is 1. The van der Waals surface area contributed by atoms with E-state index in [1.165, 1.54) is 0 Å². The maximum absolute atomic E-state index is 12.5. The normalized spacial score (nSPS) is 14.2. The molecule has 4 N–H and O–H groups in total. The molecule has 0 saturated carbocycles. The fourth-order valence-corrected chi connectivity index (χ4v) is 4.13. The molecule has 9 heteroatoms. The Morgan fingerprint density at radius 2 is 2.09 bits per heavy atom. The second-order valence-corrected chi connectivity index (χ2v) is 9.51. The number of carbonyl (C=O) groups excluding carboxylic acids is 1. The maximum atomic E-state index is 12.5. The number of H-pyrrole nitrogens is 2. The lowest BCUT2D eigenvalue weighted by atomic mass is 10.0. The van der Waals surface area contributed by atoms with E-state index < -0.39 is 0 Å². The third kappa shape index (κ3) is 4.18. The van der Waals surface area contributed by atoms with Gasteiger partial charge in [0.2, 0.25) is 0 Å². The average Bonchev–Trinajstić information content (AvgIpc) is 3.45. The standard InChI is InChI=1S/C25H26N8O/c1-25(2,3)31-24(34)33-8-6-15(7-9-33)21-11-19-22(17(12-26)13-27-23(19)30-21)29-18-4-5-20-16(10-18)14-28-32-20/h4-6,10-11,13-14H,7-9H2,1-3H3,(H,28,32)(H,31,34)(H2,27,29,30). The Bertz CT molecular complexity index is 1460. The molecule has 34 heavy (non-hydrogen) atoms. The summed E-state index contributed by atoms with van der Waals surface area (Å²) in [7, 11) is 0. The summed E-state index contributed by atoms with van der Waals surface area (Å²) in [4.78, 5) is 22.1. The van der Waals surface area contributed by atoms with Crippen LogP contribution in [0.2, 0.25) is 0 Å². The zero-order valence-corrected chi connectivity index (χ0v) is 19.4. The van der Waals surface area contributed by atoms with Crippen LogP contribution in [-0.2, 0) is 0 Å². The molecule has 0 fully saturated rings. The van der Waals surface area contributed by atoms with Crippen LogP contribution in [0.25, 0.3) is 27.5 Å². The van der Waals surface area contributed by atoms with Crippen molar-refractivity contribution in [2.24, 2.45) is 0 Å². The molecule has 3 aromatic heterocycles. The first-order valence-electron chi connectivity index (χ1n) is 11.2. The monoisotopic (exact) mass is 454 g/mol. The Hall–Kier alpha value is -4.32. The molecule has 0 atom stereocenters. The number of nitrogens with zero attached hydrogens (tertiary/aromatic N) is 4. The number of benzene rings is 1. The van der Waals surface area contributed by atoms with E-state index in [9.17, 15) is 10.1 Å². The predicted octanol–water partition coefficient (Wildman–Crippen LogP) is 4.65. The molecule has 4 heterocycles. The fraction of sp³-hybridized carbons (Fsp3) is 0.280. The van der Waals surface area contributed by atoms with Gasteiger partial charge in [0, 0.05) is 47.0 Å². The molecule has 0 bridgehead atoms. The molecule has 4 aromatic rings. The van der Waals surface area contributed by atoms with Gasteiger partial charge in [0.05, 0.1) is 23.0 Å². The number of hydrogen-bond donors (Lipinski definition) is 4. The molecule has 9 nitrogen and oxygen atoms in total. The molecule has 172 valence electrons. The van der Waals surface area contributed by atoms with E-state index in [1.54, 1.807) is 12.4 Å². The number of aromatic amines is 2. The fourth-order valence-electron chi connectivity index (χ4n) is 4.13. The van der Waals surface area contributed by atoms with Crippen LogP contribution in [0, 0.1) is 11.3 Å². The molecule has 0 radical (unpaired) electrons. The Morgan fingerprint density at radius 3 is 2.82 bits per heavy atom. The number of amides is 2. The van der Waals surface area contributed by atoms with Gasteiger partial charge in [0.15, 0.2) is 0 Å². The maximum Gasteiger partial charge on any atom is 0.318 e. The van der Waals surface area contributed by atoms with Gasteiger partial charge in [-0.1, -0.05) is 6.08 Å². The average molecular weight is 455 g/mol. The van der Waals surface area contributed by atoms with Crippen LogP contribution < -0.4 is 10.6 Å². The van der Waals surface area contributed by atoms with Crippen LogP contribution in [0.5, 0.6) is 0 Å². The summed E-state index contributed by atoms with van der Waals surface area (Å²) in [6, 6.07) is 10.1. The van der Waals surface area contributed by atoms with Crippen LogP contribution >= 0.6 is 0 Å². The number of rotatable bonds is 3. The Morgan fingerprint density at radius 1 is 1.24 bits per heavy atom. The lowest BCUT2D eigenvalue weighted by Crippen LogP contribution is -2.49. The van der Waals surface area contributed by atoms with Crippen LogP contribution in [0.3, 0.4) is 0 Å². The summed E-state index contributed by atoms with van der Waals surface area (Å²) >= 11 is 0. The highest BCUT2D eigenvalue weighted by molar-refractivity contribution is 5.97. The number of nitrogens with one attached hydrogen (secondary N) is 4. The predicted molar refractivity (Wildman–Crippen MR) is 133 cm³/mol. The molecule has 1 aliphatic rings. The third-order valence-corrected chi connectivity index (χ3v) is 5.81. The lowest BCUT2D eigenvalue weighted by Gasteiger charge is -2.30. The first-order valence-corrected chi connectivity index (χ1v) is 11.2. The SMILES string of the molecule is CC(C)(C)NC(=O)N1CC=C(c2cc3c(Nc4ccc5[nH]ncc5c4)c(C#N)cnc3[nH]2)CC1. The second-order valence-electron chi connectivity index (χ2n) is 9.51. The first kappa shape index (κ1) is 21.5. The Labute approximate surface area is 196 Å². The zero-order valence-electron chi connectivity index (χ0n) is 19.4.